The zero-order valence-electron chi connectivity index (χ0n) is 15.5. The van der Waals surface area contributed by atoms with Crippen LogP contribution in [0.2, 0.25) is 0 Å². The van der Waals surface area contributed by atoms with E-state index in [9.17, 15) is 18.8 Å². The van der Waals surface area contributed by atoms with Gasteiger partial charge in [0.05, 0.1) is 18.2 Å². The summed E-state index contributed by atoms with van der Waals surface area (Å²) < 4.78 is 20.0. The number of hydrogen-bond acceptors (Lipinski definition) is 5. The Balaban J connectivity index is 1.66. The Hall–Kier alpha value is -2.64. The van der Waals surface area contributed by atoms with Crippen molar-refractivity contribution in [3.8, 4) is 0 Å². The van der Waals surface area contributed by atoms with E-state index in [0.717, 1.165) is 0 Å². The first kappa shape index (κ1) is 19.1. The average Bonchev–Trinajstić information content (AvgIpc) is 3.01. The first-order valence-corrected chi connectivity index (χ1v) is 9.10. The molecule has 0 bridgehead atoms. The van der Waals surface area contributed by atoms with Crippen molar-refractivity contribution in [2.75, 3.05) is 37.6 Å². The summed E-state index contributed by atoms with van der Waals surface area (Å²) in [5.74, 6) is -1.47. The molecule has 2 saturated heterocycles. The van der Waals surface area contributed by atoms with Gasteiger partial charge < -0.3 is 19.9 Å². The van der Waals surface area contributed by atoms with Crippen molar-refractivity contribution in [3.05, 3.63) is 29.6 Å². The fraction of sp³-hybridized carbons (Fsp3) is 0.526. The Morgan fingerprint density at radius 2 is 1.93 bits per heavy atom. The second-order valence-electron chi connectivity index (χ2n) is 6.99. The number of anilines is 1. The minimum Gasteiger partial charge on any atom is -0.460 e. The Morgan fingerprint density at radius 1 is 1.22 bits per heavy atom. The molecule has 0 aromatic heterocycles. The monoisotopic (exact) mass is 377 g/mol. The number of amides is 2. The number of piperazine rings is 1. The van der Waals surface area contributed by atoms with Crippen molar-refractivity contribution in [1.29, 1.82) is 0 Å². The molecule has 2 unspecified atom stereocenters. The molecule has 1 aromatic carbocycles. The summed E-state index contributed by atoms with van der Waals surface area (Å²) in [4.78, 5) is 38.2. The van der Waals surface area contributed by atoms with E-state index in [4.69, 9.17) is 4.74 Å². The summed E-state index contributed by atoms with van der Waals surface area (Å²) in [6, 6.07) is 4.82. The molecule has 2 heterocycles. The van der Waals surface area contributed by atoms with E-state index in [1.165, 1.54) is 19.9 Å². The molecule has 2 fully saturated rings. The molecular formula is C19H24FN3O4. The van der Waals surface area contributed by atoms with Crippen molar-refractivity contribution in [3.63, 3.8) is 0 Å². The van der Waals surface area contributed by atoms with Crippen molar-refractivity contribution in [2.45, 2.75) is 32.3 Å². The standard InChI is InChI=1S/C19H24FN3O4/c1-12(24)21-11-15-10-16(19(26)27-15)14-3-4-18(17(20)9-14)23-7-5-22(6-8-23)13(2)25/h3-4,9,15-16H,5-8,10-11H2,1-2H3,(H,21,24). The quantitative estimate of drug-likeness (QED) is 0.793. The van der Waals surface area contributed by atoms with Crippen LogP contribution in [-0.4, -0.2) is 61.5 Å². The second-order valence-corrected chi connectivity index (χ2v) is 6.99. The summed E-state index contributed by atoms with van der Waals surface area (Å²) >= 11 is 0. The van der Waals surface area contributed by atoms with Gasteiger partial charge in [0.15, 0.2) is 0 Å². The zero-order chi connectivity index (χ0) is 19.6. The lowest BCUT2D eigenvalue weighted by atomic mass is 9.95. The number of nitrogens with one attached hydrogen (secondary N) is 1. The van der Waals surface area contributed by atoms with Gasteiger partial charge in [-0.05, 0) is 17.7 Å². The number of rotatable bonds is 4. The van der Waals surface area contributed by atoms with Gasteiger partial charge in [0.2, 0.25) is 11.8 Å². The molecule has 0 spiro atoms. The smallest absolute Gasteiger partial charge is 0.313 e. The van der Waals surface area contributed by atoms with Crippen molar-refractivity contribution < 1.29 is 23.5 Å². The number of esters is 1. The molecule has 3 rings (SSSR count). The maximum Gasteiger partial charge on any atom is 0.313 e. The van der Waals surface area contributed by atoms with Crippen molar-refractivity contribution >= 4 is 23.5 Å². The Kier molecular flexibility index (Phi) is 5.62. The highest BCUT2D eigenvalue weighted by molar-refractivity contribution is 5.81. The molecule has 1 aromatic rings. The van der Waals surface area contributed by atoms with Gasteiger partial charge in [-0.25, -0.2) is 4.39 Å². The van der Waals surface area contributed by atoms with Crippen LogP contribution < -0.4 is 10.2 Å². The van der Waals surface area contributed by atoms with Gasteiger partial charge in [-0.3, -0.25) is 14.4 Å². The maximum absolute atomic E-state index is 14.7. The van der Waals surface area contributed by atoms with Crippen molar-refractivity contribution in [2.24, 2.45) is 0 Å². The van der Waals surface area contributed by atoms with Gasteiger partial charge in [0.25, 0.3) is 0 Å². The van der Waals surface area contributed by atoms with Crippen LogP contribution in [0.1, 0.15) is 31.7 Å². The van der Waals surface area contributed by atoms with E-state index in [0.29, 0.717) is 43.9 Å². The largest absolute Gasteiger partial charge is 0.460 e. The van der Waals surface area contributed by atoms with Crippen LogP contribution in [0.15, 0.2) is 18.2 Å². The van der Waals surface area contributed by atoms with Crippen LogP contribution in [-0.2, 0) is 19.1 Å². The first-order chi connectivity index (χ1) is 12.8. The third kappa shape index (κ3) is 4.37. The number of ether oxygens (including phenoxy) is 1. The summed E-state index contributed by atoms with van der Waals surface area (Å²) in [7, 11) is 0. The minimum absolute atomic E-state index is 0.0269. The van der Waals surface area contributed by atoms with E-state index >= 15 is 0 Å². The Labute approximate surface area is 157 Å². The maximum atomic E-state index is 14.7. The fourth-order valence-electron chi connectivity index (χ4n) is 3.57. The van der Waals surface area contributed by atoms with E-state index in [-0.39, 0.29) is 24.2 Å². The number of hydrogen-bond donors (Lipinski definition) is 1. The van der Waals surface area contributed by atoms with Gasteiger partial charge in [-0.15, -0.1) is 0 Å². The lowest BCUT2D eigenvalue weighted by Gasteiger charge is -2.35. The summed E-state index contributed by atoms with van der Waals surface area (Å²) in [6.45, 7) is 5.47. The third-order valence-electron chi connectivity index (χ3n) is 5.08. The van der Waals surface area contributed by atoms with Crippen molar-refractivity contribution in [1.82, 2.24) is 10.2 Å². The normalized spacial score (nSPS) is 22.6. The number of carbonyl (C=O) groups is 3. The number of cyclic esters (lactones) is 1. The molecule has 2 aliphatic rings. The van der Waals surface area contributed by atoms with Crippen LogP contribution in [0.4, 0.5) is 10.1 Å². The third-order valence-corrected chi connectivity index (χ3v) is 5.08. The molecule has 2 aliphatic heterocycles. The van der Waals surface area contributed by atoms with Gasteiger partial charge in [0.1, 0.15) is 11.9 Å². The molecule has 8 heteroatoms. The highest BCUT2D eigenvalue weighted by atomic mass is 19.1. The molecule has 2 amide bonds. The van der Waals surface area contributed by atoms with Gasteiger partial charge in [-0.1, -0.05) is 6.07 Å². The van der Waals surface area contributed by atoms with Gasteiger partial charge in [0, 0.05) is 46.4 Å². The van der Waals surface area contributed by atoms with E-state index < -0.39 is 18.0 Å². The Bertz CT molecular complexity index is 746. The fourth-order valence-corrected chi connectivity index (χ4v) is 3.57. The first-order valence-electron chi connectivity index (χ1n) is 9.10. The number of halogens is 1. The molecular weight excluding hydrogens is 353 g/mol. The SMILES string of the molecule is CC(=O)NCC1CC(c2ccc(N3CCN(C(C)=O)CC3)c(F)c2)C(=O)O1. The lowest BCUT2D eigenvalue weighted by Crippen LogP contribution is -2.48. The topological polar surface area (TPSA) is 79.0 Å². The van der Waals surface area contributed by atoms with E-state index in [1.807, 2.05) is 4.90 Å². The predicted octanol–water partition coefficient (Wildman–Crippen LogP) is 1.03. The number of carbonyl (C=O) groups excluding carboxylic acids is 3. The van der Waals surface area contributed by atoms with Crippen LogP contribution in [0, 0.1) is 5.82 Å². The predicted molar refractivity (Wildman–Crippen MR) is 96.8 cm³/mol. The number of benzene rings is 1. The average molecular weight is 377 g/mol. The minimum atomic E-state index is -0.526. The molecule has 7 nitrogen and oxygen atoms in total. The molecule has 2 atom stereocenters. The van der Waals surface area contributed by atoms with Crippen LogP contribution >= 0.6 is 0 Å². The molecule has 0 saturated carbocycles. The summed E-state index contributed by atoms with van der Waals surface area (Å²) in [6.07, 6.45) is 0.0173. The summed E-state index contributed by atoms with van der Waals surface area (Å²) in [5, 5.41) is 2.63. The van der Waals surface area contributed by atoms with E-state index in [2.05, 4.69) is 5.32 Å². The van der Waals surface area contributed by atoms with Gasteiger partial charge in [-0.2, -0.15) is 0 Å². The van der Waals surface area contributed by atoms with Crippen LogP contribution in [0.3, 0.4) is 0 Å². The molecule has 27 heavy (non-hydrogen) atoms. The zero-order valence-corrected chi connectivity index (χ0v) is 15.5. The Morgan fingerprint density at radius 3 is 2.52 bits per heavy atom. The number of nitrogens with zero attached hydrogens (tertiary/aromatic N) is 2. The van der Waals surface area contributed by atoms with Gasteiger partial charge >= 0.3 is 5.97 Å². The van der Waals surface area contributed by atoms with Crippen LogP contribution in [0.25, 0.3) is 0 Å². The van der Waals surface area contributed by atoms with E-state index in [1.54, 1.807) is 17.0 Å². The molecule has 0 aliphatic carbocycles. The summed E-state index contributed by atoms with van der Waals surface area (Å²) in [5.41, 5.74) is 1.05. The molecule has 146 valence electrons. The van der Waals surface area contributed by atoms with Crippen LogP contribution in [0.5, 0.6) is 0 Å². The lowest BCUT2D eigenvalue weighted by molar-refractivity contribution is -0.142. The highest BCUT2D eigenvalue weighted by Crippen LogP contribution is 2.33. The highest BCUT2D eigenvalue weighted by Gasteiger charge is 2.36. The second kappa shape index (κ2) is 7.94. The molecule has 0 radical (unpaired) electrons. The molecule has 1 N–H and O–H groups in total.